The number of hydrogen-bond acceptors (Lipinski definition) is 5. The molecule has 2 rings (SSSR count). The van der Waals surface area contributed by atoms with Gasteiger partial charge < -0.3 is 9.92 Å². The van der Waals surface area contributed by atoms with Crippen LogP contribution in [0.15, 0.2) is 29.2 Å². The maximum Gasteiger partial charge on any atom is 0.341 e. The molecule has 1 aromatic rings. The van der Waals surface area contributed by atoms with Crippen molar-refractivity contribution in [3.05, 3.63) is 29.8 Å². The van der Waals surface area contributed by atoms with E-state index in [1.54, 1.807) is 12.1 Å². The molecule has 0 amide bonds. The highest BCUT2D eigenvalue weighted by atomic mass is 32.2. The first-order valence-electron chi connectivity index (χ1n) is 7.21. The lowest BCUT2D eigenvalue weighted by Crippen LogP contribution is -2.41. The van der Waals surface area contributed by atoms with E-state index in [4.69, 9.17) is 5.73 Å². The van der Waals surface area contributed by atoms with Gasteiger partial charge in [0, 0.05) is 0 Å². The molecule has 2 N–H and O–H groups in total. The monoisotopic (exact) mass is 311 g/mol. The summed E-state index contributed by atoms with van der Waals surface area (Å²) in [4.78, 5) is 11.9. The van der Waals surface area contributed by atoms with Crippen molar-refractivity contribution < 1.29 is 17.4 Å². The van der Waals surface area contributed by atoms with E-state index in [1.165, 1.54) is 12.1 Å². The molecule has 1 fully saturated rings. The van der Waals surface area contributed by atoms with Crippen LogP contribution in [0.25, 0.3) is 0 Å². The molecule has 0 saturated heterocycles. The van der Waals surface area contributed by atoms with Crippen molar-refractivity contribution in [3.63, 3.8) is 0 Å². The van der Waals surface area contributed by atoms with E-state index in [1.807, 2.05) is 6.92 Å². The zero-order chi connectivity index (χ0) is 15.5. The molecule has 1 aliphatic rings. The van der Waals surface area contributed by atoms with Gasteiger partial charge in [0.25, 0.3) is 0 Å². The quantitative estimate of drug-likeness (QED) is 0.861. The molecule has 0 spiro atoms. The lowest BCUT2D eigenvalue weighted by atomic mass is 9.84. The third-order valence-electron chi connectivity index (χ3n) is 3.93. The Morgan fingerprint density at radius 2 is 1.76 bits per heavy atom. The molecule has 1 aromatic carbocycles. The Labute approximate surface area is 125 Å². The minimum atomic E-state index is -4.09. The largest absolute Gasteiger partial charge is 0.341 e. The highest BCUT2D eigenvalue weighted by Gasteiger charge is 2.31. The van der Waals surface area contributed by atoms with Gasteiger partial charge >= 0.3 is 16.1 Å². The fourth-order valence-electron chi connectivity index (χ4n) is 2.60. The molecule has 1 saturated carbocycles. The van der Waals surface area contributed by atoms with E-state index in [9.17, 15) is 13.2 Å². The molecule has 0 aromatic heterocycles. The molecule has 0 heterocycles. The van der Waals surface area contributed by atoms with Crippen molar-refractivity contribution in [1.29, 1.82) is 0 Å². The van der Waals surface area contributed by atoms with Crippen LogP contribution in [0.1, 0.15) is 37.7 Å². The number of aryl methyl sites for hydroxylation is 1. The van der Waals surface area contributed by atoms with Gasteiger partial charge in [-0.25, -0.2) is 4.79 Å². The standard InChI is InChI=1S/C15H21NO4S/c1-11-7-9-13(10-8-11)21(18,19)20-15(17)14(16)12-5-3-2-4-6-12/h7-10,12,14H,2-6,16H2,1H3/t14-/m0/s1. The average molecular weight is 311 g/mol. The highest BCUT2D eigenvalue weighted by molar-refractivity contribution is 7.87. The Morgan fingerprint density at radius 1 is 1.19 bits per heavy atom. The molecule has 21 heavy (non-hydrogen) atoms. The van der Waals surface area contributed by atoms with Gasteiger partial charge in [0.15, 0.2) is 0 Å². The van der Waals surface area contributed by atoms with Gasteiger partial charge in [-0.1, -0.05) is 37.0 Å². The Morgan fingerprint density at radius 3 is 2.33 bits per heavy atom. The Balaban J connectivity index is 2.05. The van der Waals surface area contributed by atoms with Crippen molar-refractivity contribution in [2.24, 2.45) is 11.7 Å². The molecular weight excluding hydrogens is 290 g/mol. The van der Waals surface area contributed by atoms with Crippen molar-refractivity contribution >= 4 is 16.1 Å². The van der Waals surface area contributed by atoms with Gasteiger partial charge in [0.2, 0.25) is 0 Å². The summed E-state index contributed by atoms with van der Waals surface area (Å²) in [6.07, 6.45) is 4.88. The van der Waals surface area contributed by atoms with Crippen molar-refractivity contribution in [1.82, 2.24) is 0 Å². The minimum absolute atomic E-state index is 0.0134. The molecule has 0 bridgehead atoms. The van der Waals surface area contributed by atoms with E-state index >= 15 is 0 Å². The van der Waals surface area contributed by atoms with Gasteiger partial charge in [0.1, 0.15) is 10.9 Å². The van der Waals surface area contributed by atoms with Gasteiger partial charge in [-0.2, -0.15) is 8.42 Å². The number of carbonyl (C=O) groups excluding carboxylic acids is 1. The molecule has 6 heteroatoms. The van der Waals surface area contributed by atoms with Crippen LogP contribution in [-0.2, 0) is 19.1 Å². The zero-order valence-corrected chi connectivity index (χ0v) is 12.9. The van der Waals surface area contributed by atoms with Crippen LogP contribution in [0.2, 0.25) is 0 Å². The topological polar surface area (TPSA) is 86.5 Å². The fraction of sp³-hybridized carbons (Fsp3) is 0.533. The first-order chi connectivity index (χ1) is 9.90. The lowest BCUT2D eigenvalue weighted by molar-refractivity contribution is -0.136. The molecule has 5 nitrogen and oxygen atoms in total. The second-order valence-corrected chi connectivity index (χ2v) is 7.14. The molecule has 116 valence electrons. The Hall–Kier alpha value is -1.40. The van der Waals surface area contributed by atoms with Gasteiger partial charge in [-0.05, 0) is 37.8 Å². The van der Waals surface area contributed by atoms with E-state index < -0.39 is 22.1 Å². The van der Waals surface area contributed by atoms with Gasteiger partial charge in [0.05, 0.1) is 0 Å². The molecular formula is C15H21NO4S. The van der Waals surface area contributed by atoms with Crippen LogP contribution in [0.5, 0.6) is 0 Å². The van der Waals surface area contributed by atoms with Crippen LogP contribution in [0.4, 0.5) is 0 Å². The predicted molar refractivity (Wildman–Crippen MR) is 79.0 cm³/mol. The minimum Gasteiger partial charge on any atom is -0.341 e. The van der Waals surface area contributed by atoms with E-state index in [2.05, 4.69) is 4.18 Å². The Bertz CT molecular complexity index is 589. The number of nitrogens with two attached hydrogens (primary N) is 1. The number of carbonyl (C=O) groups is 1. The third-order valence-corrected chi connectivity index (χ3v) is 5.16. The summed E-state index contributed by atoms with van der Waals surface area (Å²) in [6.45, 7) is 1.85. The van der Waals surface area contributed by atoms with Crippen LogP contribution < -0.4 is 5.73 Å². The average Bonchev–Trinajstić information content (AvgIpc) is 2.47. The van der Waals surface area contributed by atoms with Gasteiger partial charge in [-0.15, -0.1) is 0 Å². The maximum atomic E-state index is 12.0. The van der Waals surface area contributed by atoms with Crippen LogP contribution in [0, 0.1) is 12.8 Å². The van der Waals surface area contributed by atoms with Crippen LogP contribution in [0.3, 0.4) is 0 Å². The molecule has 0 unspecified atom stereocenters. The second-order valence-electron chi connectivity index (χ2n) is 5.59. The van der Waals surface area contributed by atoms with E-state index in [0.717, 1.165) is 37.7 Å². The zero-order valence-electron chi connectivity index (χ0n) is 12.1. The Kier molecular flexibility index (Phi) is 5.00. The first kappa shape index (κ1) is 16.0. The number of rotatable bonds is 4. The molecule has 1 atom stereocenters. The highest BCUT2D eigenvalue weighted by Crippen LogP contribution is 2.26. The third kappa shape index (κ3) is 4.04. The summed E-state index contributed by atoms with van der Waals surface area (Å²) in [6, 6.07) is 5.28. The second kappa shape index (κ2) is 6.58. The number of hydrogen-bond donors (Lipinski definition) is 1. The van der Waals surface area contributed by atoms with Gasteiger partial charge in [-0.3, -0.25) is 0 Å². The smallest absolute Gasteiger partial charge is 0.341 e. The summed E-state index contributed by atoms with van der Waals surface area (Å²) >= 11 is 0. The summed E-state index contributed by atoms with van der Waals surface area (Å²) < 4.78 is 28.8. The van der Waals surface area contributed by atoms with Crippen molar-refractivity contribution in [3.8, 4) is 0 Å². The SMILES string of the molecule is Cc1ccc(S(=O)(=O)OC(=O)[C@@H](N)C2CCCCC2)cc1. The van der Waals surface area contributed by atoms with E-state index in [0.29, 0.717) is 0 Å². The normalized spacial score (nSPS) is 18.2. The predicted octanol–water partition coefficient (Wildman–Crippen LogP) is 2.13. The molecule has 0 aliphatic heterocycles. The summed E-state index contributed by atoms with van der Waals surface area (Å²) in [7, 11) is -4.09. The summed E-state index contributed by atoms with van der Waals surface area (Å²) in [5, 5.41) is 0. The van der Waals surface area contributed by atoms with Crippen molar-refractivity contribution in [2.75, 3.05) is 0 Å². The van der Waals surface area contributed by atoms with Crippen molar-refractivity contribution in [2.45, 2.75) is 50.0 Å². The molecule has 1 aliphatic carbocycles. The van der Waals surface area contributed by atoms with Crippen LogP contribution >= 0.6 is 0 Å². The number of benzene rings is 1. The van der Waals surface area contributed by atoms with E-state index in [-0.39, 0.29) is 10.8 Å². The lowest BCUT2D eigenvalue weighted by Gasteiger charge is -2.25. The molecule has 0 radical (unpaired) electrons. The maximum absolute atomic E-state index is 12.0. The summed E-state index contributed by atoms with van der Waals surface area (Å²) in [5.41, 5.74) is 6.79. The summed E-state index contributed by atoms with van der Waals surface area (Å²) in [5.74, 6) is -0.845. The fourth-order valence-corrected chi connectivity index (χ4v) is 3.50. The van der Waals surface area contributed by atoms with Crippen LogP contribution in [-0.4, -0.2) is 20.4 Å². The first-order valence-corrected chi connectivity index (χ1v) is 8.61.